The van der Waals surface area contributed by atoms with Gasteiger partial charge >= 0.3 is 6.09 Å². The van der Waals surface area contributed by atoms with E-state index in [-0.39, 0.29) is 6.09 Å². The van der Waals surface area contributed by atoms with Crippen molar-refractivity contribution in [2.24, 2.45) is 16.8 Å². The van der Waals surface area contributed by atoms with Gasteiger partial charge in [-0.2, -0.15) is 0 Å². The Labute approximate surface area is 190 Å². The van der Waals surface area contributed by atoms with Crippen LogP contribution in [-0.2, 0) is 4.74 Å². The molecular weight excluding hydrogens is 390 g/mol. The number of guanidine groups is 1. The third-order valence-corrected chi connectivity index (χ3v) is 6.63. The van der Waals surface area contributed by atoms with Crippen LogP contribution in [0.3, 0.4) is 0 Å². The number of piperidine rings is 2. The zero-order chi connectivity index (χ0) is 22.9. The van der Waals surface area contributed by atoms with Gasteiger partial charge in [-0.05, 0) is 91.3 Å². The van der Waals surface area contributed by atoms with E-state index in [0.717, 1.165) is 50.9 Å². The molecule has 0 aromatic rings. The summed E-state index contributed by atoms with van der Waals surface area (Å²) in [5, 5.41) is 3.60. The van der Waals surface area contributed by atoms with Crippen LogP contribution in [0.4, 0.5) is 4.79 Å². The molecule has 0 aliphatic carbocycles. The zero-order valence-corrected chi connectivity index (χ0v) is 21.0. The van der Waals surface area contributed by atoms with Gasteiger partial charge < -0.3 is 24.8 Å². The van der Waals surface area contributed by atoms with Crippen LogP contribution in [0.2, 0.25) is 0 Å². The topological polar surface area (TPSA) is 60.4 Å². The molecule has 0 radical (unpaired) electrons. The number of nitrogens with zero attached hydrogens (tertiary/aromatic N) is 4. The maximum atomic E-state index is 12.4. The van der Waals surface area contributed by atoms with Crippen LogP contribution < -0.4 is 5.32 Å². The lowest BCUT2D eigenvalue weighted by Gasteiger charge is -2.37. The molecule has 180 valence electrons. The van der Waals surface area contributed by atoms with E-state index >= 15 is 0 Å². The number of carbonyl (C=O) groups is 1. The molecule has 0 bridgehead atoms. The Bertz CT molecular complexity index is 559. The molecule has 7 nitrogen and oxygen atoms in total. The van der Waals surface area contributed by atoms with Gasteiger partial charge in [0.1, 0.15) is 5.60 Å². The third kappa shape index (κ3) is 8.87. The van der Waals surface area contributed by atoms with E-state index in [1.54, 1.807) is 0 Å². The maximum Gasteiger partial charge on any atom is 0.410 e. The van der Waals surface area contributed by atoms with E-state index in [2.05, 4.69) is 27.0 Å². The number of likely N-dealkylation sites (tertiary alicyclic amines) is 2. The number of rotatable bonds is 7. The smallest absolute Gasteiger partial charge is 0.410 e. The van der Waals surface area contributed by atoms with E-state index in [1.807, 2.05) is 39.6 Å². The van der Waals surface area contributed by atoms with Gasteiger partial charge in [0.15, 0.2) is 5.96 Å². The second-order valence-corrected chi connectivity index (χ2v) is 10.1. The van der Waals surface area contributed by atoms with Gasteiger partial charge in [-0.15, -0.1) is 0 Å². The number of carbonyl (C=O) groups excluding carboxylic acids is 1. The van der Waals surface area contributed by atoms with Crippen molar-refractivity contribution in [3.05, 3.63) is 0 Å². The van der Waals surface area contributed by atoms with E-state index in [0.29, 0.717) is 12.5 Å². The zero-order valence-electron chi connectivity index (χ0n) is 21.0. The summed E-state index contributed by atoms with van der Waals surface area (Å²) in [6.45, 7) is 18.2. The Kier molecular flexibility index (Phi) is 10.4. The van der Waals surface area contributed by atoms with Crippen molar-refractivity contribution in [2.75, 3.05) is 59.4 Å². The predicted octanol–water partition coefficient (Wildman–Crippen LogP) is 3.65. The second kappa shape index (κ2) is 12.5. The summed E-state index contributed by atoms with van der Waals surface area (Å²) in [5.74, 6) is 2.39. The first-order valence-corrected chi connectivity index (χ1v) is 12.4. The van der Waals surface area contributed by atoms with Crippen LogP contribution in [-0.4, -0.2) is 91.8 Å². The molecular formula is C24H47N5O2. The van der Waals surface area contributed by atoms with Gasteiger partial charge in [-0.1, -0.05) is 6.92 Å². The summed E-state index contributed by atoms with van der Waals surface area (Å²) in [4.78, 5) is 23.7. The van der Waals surface area contributed by atoms with Gasteiger partial charge in [0.2, 0.25) is 0 Å². The van der Waals surface area contributed by atoms with E-state index < -0.39 is 5.60 Å². The Balaban J connectivity index is 1.70. The molecule has 1 N–H and O–H groups in total. The second-order valence-electron chi connectivity index (χ2n) is 10.1. The molecule has 1 amide bonds. The number of aliphatic imine (C=N–C) groups is 1. The quantitative estimate of drug-likeness (QED) is 0.487. The third-order valence-electron chi connectivity index (χ3n) is 6.63. The number of amides is 1. The highest BCUT2D eigenvalue weighted by Crippen LogP contribution is 2.21. The summed E-state index contributed by atoms with van der Waals surface area (Å²) < 4.78 is 5.56. The van der Waals surface area contributed by atoms with Crippen LogP contribution in [0.5, 0.6) is 0 Å². The maximum absolute atomic E-state index is 12.4. The lowest BCUT2D eigenvalue weighted by molar-refractivity contribution is 0.0214. The summed E-state index contributed by atoms with van der Waals surface area (Å²) in [6.07, 6.45) is 5.84. The molecule has 2 rings (SSSR count). The number of ether oxygens (including phenoxy) is 1. The van der Waals surface area contributed by atoms with Crippen molar-refractivity contribution in [3.63, 3.8) is 0 Å². The van der Waals surface area contributed by atoms with E-state index in [1.165, 1.54) is 38.9 Å². The largest absolute Gasteiger partial charge is 0.444 e. The van der Waals surface area contributed by atoms with Crippen LogP contribution in [0.25, 0.3) is 0 Å². The molecule has 0 atom stereocenters. The van der Waals surface area contributed by atoms with Crippen molar-refractivity contribution in [1.29, 1.82) is 0 Å². The normalized spacial score (nSPS) is 20.1. The van der Waals surface area contributed by atoms with E-state index in [4.69, 9.17) is 4.74 Å². The summed E-state index contributed by atoms with van der Waals surface area (Å²) in [7, 11) is 1.88. The van der Waals surface area contributed by atoms with E-state index in [9.17, 15) is 4.79 Å². The van der Waals surface area contributed by atoms with Crippen LogP contribution in [0, 0.1) is 11.8 Å². The molecule has 31 heavy (non-hydrogen) atoms. The monoisotopic (exact) mass is 437 g/mol. The van der Waals surface area contributed by atoms with Crippen molar-refractivity contribution in [2.45, 2.75) is 72.3 Å². The first-order valence-electron chi connectivity index (χ1n) is 12.4. The van der Waals surface area contributed by atoms with Crippen molar-refractivity contribution in [3.8, 4) is 0 Å². The van der Waals surface area contributed by atoms with Crippen LogP contribution in [0.15, 0.2) is 4.99 Å². The Hall–Kier alpha value is -1.50. The Morgan fingerprint density at radius 3 is 2.19 bits per heavy atom. The minimum absolute atomic E-state index is 0.195. The first-order chi connectivity index (χ1) is 14.8. The highest BCUT2D eigenvalue weighted by Gasteiger charge is 2.27. The fourth-order valence-corrected chi connectivity index (χ4v) is 4.61. The average molecular weight is 438 g/mol. The standard InChI is InChI=1S/C24H47N5O2/c1-7-27-15-10-20(11-16-27)9-14-26-22(25-6)29-17-12-21(13-18-29)19-28(8-2)23(30)31-24(3,4)5/h20-21H,7-19H2,1-6H3,(H,25,26). The average Bonchev–Trinajstić information content (AvgIpc) is 2.75. The molecule has 7 heteroatoms. The fourth-order valence-electron chi connectivity index (χ4n) is 4.61. The van der Waals surface area contributed by atoms with Gasteiger partial charge in [0.25, 0.3) is 0 Å². The molecule has 2 heterocycles. The Morgan fingerprint density at radius 2 is 1.68 bits per heavy atom. The summed E-state index contributed by atoms with van der Waals surface area (Å²) in [5.41, 5.74) is -0.445. The lowest BCUT2D eigenvalue weighted by atomic mass is 9.93. The fraction of sp³-hybridized carbons (Fsp3) is 0.917. The minimum Gasteiger partial charge on any atom is -0.444 e. The SMILES string of the molecule is CCN1CCC(CCNC(=NC)N2CCC(CN(CC)C(=O)OC(C)(C)C)CC2)CC1. The van der Waals surface area contributed by atoms with Gasteiger partial charge in [0, 0.05) is 39.8 Å². The highest BCUT2D eigenvalue weighted by molar-refractivity contribution is 5.79. The minimum atomic E-state index is -0.445. The van der Waals surface area contributed by atoms with Gasteiger partial charge in [0.05, 0.1) is 0 Å². The predicted molar refractivity (Wildman–Crippen MR) is 129 cm³/mol. The lowest BCUT2D eigenvalue weighted by Crippen LogP contribution is -2.48. The molecule has 2 aliphatic heterocycles. The van der Waals surface area contributed by atoms with Crippen molar-refractivity contribution >= 4 is 12.1 Å². The first kappa shape index (κ1) is 25.8. The van der Waals surface area contributed by atoms with Crippen molar-refractivity contribution < 1.29 is 9.53 Å². The van der Waals surface area contributed by atoms with Crippen LogP contribution in [0.1, 0.15) is 66.7 Å². The van der Waals surface area contributed by atoms with Gasteiger partial charge in [-0.3, -0.25) is 4.99 Å². The number of hydrogen-bond acceptors (Lipinski definition) is 4. The molecule has 0 aromatic heterocycles. The number of hydrogen-bond donors (Lipinski definition) is 1. The van der Waals surface area contributed by atoms with Crippen LogP contribution >= 0.6 is 0 Å². The molecule has 2 aliphatic rings. The Morgan fingerprint density at radius 1 is 1.06 bits per heavy atom. The highest BCUT2D eigenvalue weighted by atomic mass is 16.6. The molecule has 2 fully saturated rings. The molecule has 0 spiro atoms. The molecule has 0 unspecified atom stereocenters. The van der Waals surface area contributed by atoms with Crippen molar-refractivity contribution in [1.82, 2.24) is 20.0 Å². The molecule has 2 saturated heterocycles. The number of nitrogens with one attached hydrogen (secondary N) is 1. The summed E-state index contributed by atoms with van der Waals surface area (Å²) >= 11 is 0. The molecule has 0 aromatic carbocycles. The summed E-state index contributed by atoms with van der Waals surface area (Å²) in [6, 6.07) is 0. The molecule has 0 saturated carbocycles. The van der Waals surface area contributed by atoms with Gasteiger partial charge in [-0.25, -0.2) is 4.79 Å².